The van der Waals surface area contributed by atoms with Gasteiger partial charge in [-0.3, -0.25) is 9.55 Å². The van der Waals surface area contributed by atoms with E-state index in [-0.39, 0.29) is 21.9 Å². The molecule has 0 radical (unpaired) electrons. The summed E-state index contributed by atoms with van der Waals surface area (Å²) in [5, 5.41) is 18.6. The van der Waals surface area contributed by atoms with Crippen molar-refractivity contribution >= 4 is 28.7 Å². The van der Waals surface area contributed by atoms with E-state index in [1.807, 2.05) is 0 Å². The molecule has 1 unspecified atom stereocenters. The number of rotatable bonds is 9. The molecule has 0 saturated heterocycles. The molecule has 3 rings (SSSR count). The number of aliphatic hydroxyl groups excluding tert-OH is 2. The summed E-state index contributed by atoms with van der Waals surface area (Å²) >= 11 is 6.33. The minimum atomic E-state index is -1.51. The van der Waals surface area contributed by atoms with Crippen LogP contribution >= 0.6 is 11.6 Å². The molecule has 178 valence electrons. The molecule has 12 heteroatoms. The van der Waals surface area contributed by atoms with Crippen LogP contribution in [0.2, 0.25) is 5.02 Å². The van der Waals surface area contributed by atoms with Crippen molar-refractivity contribution in [3.63, 3.8) is 0 Å². The molecule has 0 aliphatic carbocycles. The Labute approximate surface area is 192 Å². The summed E-state index contributed by atoms with van der Waals surface area (Å²) in [6, 6.07) is 4.41. The Hall–Kier alpha value is -2.99. The van der Waals surface area contributed by atoms with Crippen LogP contribution in [-0.2, 0) is 9.53 Å². The van der Waals surface area contributed by atoms with E-state index in [1.165, 1.54) is 31.2 Å². The maximum absolute atomic E-state index is 13.1. The van der Waals surface area contributed by atoms with Crippen LogP contribution in [0, 0.1) is 5.82 Å². The largest absolute Gasteiger partial charge is 0.483 e. The SMILES string of the molecule is CC(Oc1cc2oc(=O)n([C@H](C)C(=O)OCC(N)(CO)CO)c2cc1Cl)c1ccc(F)cn1. The van der Waals surface area contributed by atoms with Gasteiger partial charge in [0.25, 0.3) is 0 Å². The molecule has 0 aliphatic heterocycles. The first-order chi connectivity index (χ1) is 15.6. The van der Waals surface area contributed by atoms with Crippen LogP contribution in [0.4, 0.5) is 4.39 Å². The van der Waals surface area contributed by atoms with Crippen LogP contribution in [-0.4, -0.2) is 51.1 Å². The Kier molecular flexibility index (Phi) is 7.38. The number of aliphatic hydroxyl groups is 2. The quantitative estimate of drug-likeness (QED) is 0.386. The molecule has 2 atom stereocenters. The minimum Gasteiger partial charge on any atom is -0.483 e. The lowest BCUT2D eigenvalue weighted by Crippen LogP contribution is -2.52. The number of nitrogens with zero attached hydrogens (tertiary/aromatic N) is 2. The maximum atomic E-state index is 13.1. The summed E-state index contributed by atoms with van der Waals surface area (Å²) in [6.45, 7) is 1.43. The van der Waals surface area contributed by atoms with Crippen molar-refractivity contribution < 1.29 is 33.3 Å². The predicted octanol–water partition coefficient (Wildman–Crippen LogP) is 1.71. The molecular formula is C21H23ClFN3O7. The monoisotopic (exact) mass is 483 g/mol. The molecular weight excluding hydrogens is 461 g/mol. The lowest BCUT2D eigenvalue weighted by molar-refractivity contribution is -0.150. The van der Waals surface area contributed by atoms with Gasteiger partial charge in [-0.2, -0.15) is 0 Å². The van der Waals surface area contributed by atoms with Crippen molar-refractivity contribution in [2.45, 2.75) is 31.5 Å². The van der Waals surface area contributed by atoms with Crippen LogP contribution in [0.15, 0.2) is 39.7 Å². The first-order valence-corrected chi connectivity index (χ1v) is 10.3. The van der Waals surface area contributed by atoms with E-state index in [0.29, 0.717) is 5.69 Å². The minimum absolute atomic E-state index is 0.109. The molecule has 0 bridgehead atoms. The third kappa shape index (κ3) is 5.33. The molecule has 4 N–H and O–H groups in total. The summed E-state index contributed by atoms with van der Waals surface area (Å²) < 4.78 is 30.3. The number of nitrogens with two attached hydrogens (primary N) is 1. The number of carbonyl (C=O) groups is 1. The summed E-state index contributed by atoms with van der Waals surface area (Å²) in [7, 11) is 0. The Balaban J connectivity index is 1.84. The second-order valence-electron chi connectivity index (χ2n) is 7.61. The number of carbonyl (C=O) groups excluding carboxylic acids is 1. The summed E-state index contributed by atoms with van der Waals surface area (Å²) in [6.07, 6.45) is 0.480. The average molecular weight is 484 g/mol. The summed E-state index contributed by atoms with van der Waals surface area (Å²) in [5.41, 5.74) is 4.97. The summed E-state index contributed by atoms with van der Waals surface area (Å²) in [5.74, 6) is -1.95. The second kappa shape index (κ2) is 9.87. The normalized spacial score (nSPS) is 13.7. The van der Waals surface area contributed by atoms with Crippen molar-refractivity contribution in [1.82, 2.24) is 9.55 Å². The van der Waals surface area contributed by atoms with Gasteiger partial charge in [0.05, 0.1) is 41.2 Å². The fraction of sp³-hybridized carbons (Fsp3) is 0.381. The lowest BCUT2D eigenvalue weighted by Gasteiger charge is -2.24. The zero-order valence-electron chi connectivity index (χ0n) is 17.8. The topological polar surface area (TPSA) is 150 Å². The number of pyridine rings is 1. The molecule has 2 heterocycles. The third-order valence-corrected chi connectivity index (χ3v) is 5.29. The van der Waals surface area contributed by atoms with Crippen LogP contribution < -0.4 is 16.2 Å². The number of hydrogen-bond donors (Lipinski definition) is 3. The second-order valence-corrected chi connectivity index (χ2v) is 8.02. The number of aromatic nitrogens is 2. The van der Waals surface area contributed by atoms with Crippen molar-refractivity contribution in [2.75, 3.05) is 19.8 Å². The Morgan fingerprint density at radius 1 is 1.33 bits per heavy atom. The number of benzene rings is 1. The molecule has 10 nitrogen and oxygen atoms in total. The molecule has 0 amide bonds. The van der Waals surface area contributed by atoms with Crippen molar-refractivity contribution in [3.05, 3.63) is 57.5 Å². The van der Waals surface area contributed by atoms with Crippen LogP contribution in [0.3, 0.4) is 0 Å². The van der Waals surface area contributed by atoms with Gasteiger partial charge in [0.2, 0.25) is 0 Å². The van der Waals surface area contributed by atoms with E-state index in [4.69, 9.17) is 31.2 Å². The molecule has 0 saturated carbocycles. The lowest BCUT2D eigenvalue weighted by atomic mass is 10.1. The molecule has 33 heavy (non-hydrogen) atoms. The zero-order valence-corrected chi connectivity index (χ0v) is 18.6. The van der Waals surface area contributed by atoms with Crippen molar-refractivity contribution in [3.8, 4) is 5.75 Å². The van der Waals surface area contributed by atoms with Gasteiger partial charge in [0, 0.05) is 6.07 Å². The van der Waals surface area contributed by atoms with Gasteiger partial charge in [0.15, 0.2) is 5.58 Å². The third-order valence-electron chi connectivity index (χ3n) is 5.00. The highest BCUT2D eigenvalue weighted by molar-refractivity contribution is 6.32. The highest BCUT2D eigenvalue weighted by Gasteiger charge is 2.29. The fourth-order valence-corrected chi connectivity index (χ4v) is 3.16. The highest BCUT2D eigenvalue weighted by atomic mass is 35.5. The van der Waals surface area contributed by atoms with E-state index in [1.54, 1.807) is 6.92 Å². The number of halogens is 2. The van der Waals surface area contributed by atoms with Gasteiger partial charge in [-0.15, -0.1) is 0 Å². The highest BCUT2D eigenvalue weighted by Crippen LogP contribution is 2.33. The van der Waals surface area contributed by atoms with Crippen LogP contribution in [0.5, 0.6) is 5.75 Å². The molecule has 0 spiro atoms. The molecule has 2 aromatic heterocycles. The van der Waals surface area contributed by atoms with Gasteiger partial charge in [-0.25, -0.2) is 14.0 Å². The fourth-order valence-electron chi connectivity index (χ4n) is 2.95. The first-order valence-electron chi connectivity index (χ1n) is 9.88. The Morgan fingerprint density at radius 2 is 2.03 bits per heavy atom. The van der Waals surface area contributed by atoms with Crippen LogP contribution in [0.25, 0.3) is 11.1 Å². The van der Waals surface area contributed by atoms with Gasteiger partial charge in [-0.05, 0) is 32.0 Å². The number of hydrogen-bond acceptors (Lipinski definition) is 9. The first kappa shape index (κ1) is 24.6. The van der Waals surface area contributed by atoms with Crippen molar-refractivity contribution in [1.29, 1.82) is 0 Å². The van der Waals surface area contributed by atoms with Crippen molar-refractivity contribution in [2.24, 2.45) is 5.73 Å². The molecule has 0 fully saturated rings. The molecule has 0 aliphatic rings. The predicted molar refractivity (Wildman–Crippen MR) is 115 cm³/mol. The van der Waals surface area contributed by atoms with Crippen LogP contribution in [0.1, 0.15) is 31.7 Å². The van der Waals surface area contributed by atoms with Gasteiger partial charge in [0.1, 0.15) is 30.3 Å². The number of oxazole rings is 1. The molecule has 3 aromatic rings. The summed E-state index contributed by atoms with van der Waals surface area (Å²) in [4.78, 5) is 28.9. The number of esters is 1. The average Bonchev–Trinajstić information content (AvgIpc) is 3.11. The van der Waals surface area contributed by atoms with E-state index in [9.17, 15) is 24.2 Å². The van der Waals surface area contributed by atoms with Gasteiger partial charge >= 0.3 is 11.7 Å². The molecule has 1 aromatic carbocycles. The van der Waals surface area contributed by atoms with Gasteiger partial charge < -0.3 is 29.8 Å². The Bertz CT molecular complexity index is 1190. The number of ether oxygens (including phenoxy) is 2. The maximum Gasteiger partial charge on any atom is 0.420 e. The Morgan fingerprint density at radius 3 is 2.64 bits per heavy atom. The van der Waals surface area contributed by atoms with Gasteiger partial charge in [-0.1, -0.05) is 11.6 Å². The number of fused-ring (bicyclic) bond motifs is 1. The zero-order chi connectivity index (χ0) is 24.3. The standard InChI is InChI=1S/C21H23ClFN3O7/c1-11(19(29)31-10-21(24,8-27)9-28)26-16-5-14(22)17(6-18(16)33-20(26)30)32-12(2)15-4-3-13(23)7-25-15/h3-7,11-12,27-28H,8-10,24H2,1-2H3/t11-,12?/m1/s1. The van der Waals surface area contributed by atoms with E-state index < -0.39 is 55.0 Å². The smallest absolute Gasteiger partial charge is 0.420 e. The van der Waals surface area contributed by atoms with E-state index >= 15 is 0 Å². The van der Waals surface area contributed by atoms with E-state index in [0.717, 1.165) is 10.8 Å². The van der Waals surface area contributed by atoms with E-state index in [2.05, 4.69) is 4.98 Å².